The van der Waals surface area contributed by atoms with Crippen LogP contribution in [0.25, 0.3) is 75.5 Å². The predicted molar refractivity (Wildman–Crippen MR) is 294 cm³/mol. The van der Waals surface area contributed by atoms with Crippen molar-refractivity contribution < 1.29 is 0 Å². The third-order valence-corrected chi connectivity index (χ3v) is 16.0. The maximum atomic E-state index is 4.10. The lowest BCUT2D eigenvalue weighted by atomic mass is 9.57. The van der Waals surface area contributed by atoms with E-state index in [2.05, 4.69) is 246 Å². The Bertz CT molecular complexity index is 3860. The van der Waals surface area contributed by atoms with Gasteiger partial charge in [-0.3, -0.25) is 0 Å². The van der Waals surface area contributed by atoms with Gasteiger partial charge in [0.05, 0.1) is 5.69 Å². The average molecular weight is 888 g/mol. The minimum atomic E-state index is -0.119. The highest BCUT2D eigenvalue weighted by molar-refractivity contribution is 7.25. The van der Waals surface area contributed by atoms with Crippen LogP contribution in [0.3, 0.4) is 0 Å². The van der Waals surface area contributed by atoms with Crippen molar-refractivity contribution >= 4 is 88.9 Å². The van der Waals surface area contributed by atoms with E-state index in [1.54, 1.807) is 0 Å². The van der Waals surface area contributed by atoms with Crippen molar-refractivity contribution in [3.8, 4) is 44.5 Å². The molecular formula is C64H48BN2S. The standard InChI is InChI=1S/C64H48BN2S/c1-38-16-15-17-39(2)61(38)44-33-52(50-29-26-42-20-9-10-21-46(42)63(50)66-45-28-30-48-47-22-11-13-24-53(47)64(4,5)54(48)35-45)62-58(34-44)67(56-31-27-43(32-40(56)3)41-18-7-6-8-19-41)57-37-60-51(36-55(57)65-62)49-23-12-14-25-59(49)68-60/h6-37,66H,1-5H3. The second-order valence-corrected chi connectivity index (χ2v) is 20.4. The van der Waals surface area contributed by atoms with E-state index in [0.29, 0.717) is 0 Å². The second-order valence-electron chi connectivity index (χ2n) is 19.3. The minimum Gasteiger partial charge on any atom is -0.355 e. The molecule has 4 heteroatoms. The summed E-state index contributed by atoms with van der Waals surface area (Å²) in [5.41, 5.74) is 24.4. The fourth-order valence-corrected chi connectivity index (χ4v) is 12.6. The third kappa shape index (κ3) is 6.31. The summed E-state index contributed by atoms with van der Waals surface area (Å²) in [4.78, 5) is 2.56. The van der Waals surface area contributed by atoms with Gasteiger partial charge in [0.1, 0.15) is 0 Å². The highest BCUT2D eigenvalue weighted by Gasteiger charge is 2.36. The third-order valence-electron chi connectivity index (χ3n) is 14.9. The quantitative estimate of drug-likeness (QED) is 0.167. The molecule has 1 aromatic heterocycles. The van der Waals surface area contributed by atoms with Crippen molar-refractivity contribution in [1.82, 2.24) is 0 Å². The van der Waals surface area contributed by atoms with Crippen LogP contribution >= 0.6 is 11.3 Å². The number of nitrogens with zero attached hydrogens (tertiary/aromatic N) is 1. The van der Waals surface area contributed by atoms with E-state index in [9.17, 15) is 0 Å². The molecule has 0 unspecified atom stereocenters. The first-order chi connectivity index (χ1) is 33.2. The molecule has 0 fully saturated rings. The highest BCUT2D eigenvalue weighted by Crippen LogP contribution is 2.51. The van der Waals surface area contributed by atoms with E-state index < -0.39 is 0 Å². The molecule has 0 saturated carbocycles. The van der Waals surface area contributed by atoms with Crippen LogP contribution in [-0.2, 0) is 5.41 Å². The molecule has 1 aliphatic carbocycles. The maximum Gasteiger partial charge on any atom is 0.197 e. The van der Waals surface area contributed by atoms with E-state index >= 15 is 0 Å². The number of hydrogen-bond donors (Lipinski definition) is 1. The molecule has 10 aromatic carbocycles. The molecule has 1 N–H and O–H groups in total. The molecule has 2 nitrogen and oxygen atoms in total. The zero-order chi connectivity index (χ0) is 45.8. The minimum absolute atomic E-state index is 0.119. The predicted octanol–water partition coefficient (Wildman–Crippen LogP) is 16.6. The maximum absolute atomic E-state index is 4.10. The van der Waals surface area contributed by atoms with Crippen LogP contribution in [-0.4, -0.2) is 7.28 Å². The topological polar surface area (TPSA) is 15.3 Å². The SMILES string of the molecule is Cc1cc(-c2ccccc2)ccc1N1c2cc3sc4ccccc4c3cc2[B]c2c(-c3ccc4ccccc4c3Nc3ccc4c(c3)C(C)(C)c3ccccc3-4)cc(-c3c(C)cccc3C)cc21. The number of nitrogens with one attached hydrogen (secondary N) is 1. The van der Waals surface area contributed by atoms with Crippen molar-refractivity contribution in [2.45, 2.75) is 40.0 Å². The van der Waals surface area contributed by atoms with Crippen LogP contribution in [0.2, 0.25) is 0 Å². The van der Waals surface area contributed by atoms with Gasteiger partial charge in [-0.1, -0.05) is 165 Å². The van der Waals surface area contributed by atoms with E-state index in [-0.39, 0.29) is 5.41 Å². The van der Waals surface area contributed by atoms with Crippen LogP contribution in [0, 0.1) is 20.8 Å². The number of benzene rings is 10. The fraction of sp³-hybridized carbons (Fsp3) is 0.0938. The summed E-state index contributed by atoms with van der Waals surface area (Å²) in [7, 11) is 2.47. The molecule has 0 atom stereocenters. The molecule has 0 spiro atoms. The Balaban J connectivity index is 1.08. The molecule has 11 aromatic rings. The van der Waals surface area contributed by atoms with Gasteiger partial charge in [0, 0.05) is 53.9 Å². The number of hydrogen-bond acceptors (Lipinski definition) is 3. The summed E-state index contributed by atoms with van der Waals surface area (Å²) >= 11 is 1.88. The van der Waals surface area contributed by atoms with Crippen molar-refractivity contribution in [3.05, 3.63) is 222 Å². The molecule has 13 rings (SSSR count). The summed E-state index contributed by atoms with van der Waals surface area (Å²) in [5, 5.41) is 9.09. The van der Waals surface area contributed by atoms with Gasteiger partial charge in [0.25, 0.3) is 0 Å². The van der Waals surface area contributed by atoms with E-state index in [1.165, 1.54) is 126 Å². The van der Waals surface area contributed by atoms with Crippen LogP contribution in [0.1, 0.15) is 41.7 Å². The van der Waals surface area contributed by atoms with Crippen LogP contribution < -0.4 is 21.1 Å². The van der Waals surface area contributed by atoms with E-state index in [0.717, 1.165) is 16.9 Å². The lowest BCUT2D eigenvalue weighted by molar-refractivity contribution is 0.660. The number of anilines is 5. The Hall–Kier alpha value is -7.66. The highest BCUT2D eigenvalue weighted by atomic mass is 32.1. The zero-order valence-electron chi connectivity index (χ0n) is 38.9. The molecule has 1 aliphatic heterocycles. The van der Waals surface area contributed by atoms with Gasteiger partial charge in [-0.15, -0.1) is 11.3 Å². The second kappa shape index (κ2) is 15.5. The number of aryl methyl sites for hydroxylation is 3. The Kier molecular flexibility index (Phi) is 9.23. The Morgan fingerprint density at radius 2 is 1.19 bits per heavy atom. The van der Waals surface area contributed by atoms with E-state index in [4.69, 9.17) is 0 Å². The first kappa shape index (κ1) is 40.6. The molecule has 0 bridgehead atoms. The molecule has 68 heavy (non-hydrogen) atoms. The number of rotatable bonds is 6. The normalized spacial score (nSPS) is 13.3. The number of fused-ring (bicyclic) bond motifs is 9. The van der Waals surface area contributed by atoms with Crippen molar-refractivity contribution in [2.75, 3.05) is 10.2 Å². The van der Waals surface area contributed by atoms with Gasteiger partial charge in [-0.25, -0.2) is 0 Å². The summed E-state index contributed by atoms with van der Waals surface area (Å²) in [6, 6.07) is 72.5. The monoisotopic (exact) mass is 887 g/mol. The molecule has 323 valence electrons. The van der Waals surface area contributed by atoms with Gasteiger partial charge in [-0.2, -0.15) is 0 Å². The smallest absolute Gasteiger partial charge is 0.197 e. The lowest BCUT2D eigenvalue weighted by Gasteiger charge is -2.36. The van der Waals surface area contributed by atoms with Gasteiger partial charge in [0.15, 0.2) is 7.28 Å². The van der Waals surface area contributed by atoms with Gasteiger partial charge < -0.3 is 10.2 Å². The average Bonchev–Trinajstić information content (AvgIpc) is 3.83. The van der Waals surface area contributed by atoms with Crippen LogP contribution in [0.15, 0.2) is 194 Å². The van der Waals surface area contributed by atoms with Crippen LogP contribution in [0.5, 0.6) is 0 Å². The van der Waals surface area contributed by atoms with Gasteiger partial charge in [0.2, 0.25) is 0 Å². The summed E-state index contributed by atoms with van der Waals surface area (Å²) in [5.74, 6) is 0. The summed E-state index contributed by atoms with van der Waals surface area (Å²) in [6.45, 7) is 11.5. The van der Waals surface area contributed by atoms with Gasteiger partial charge >= 0.3 is 0 Å². The Labute approximate surface area is 403 Å². The zero-order valence-corrected chi connectivity index (χ0v) is 39.7. The molecular weight excluding hydrogens is 840 g/mol. The molecule has 2 heterocycles. The Morgan fingerprint density at radius 3 is 2.03 bits per heavy atom. The lowest BCUT2D eigenvalue weighted by Crippen LogP contribution is -2.41. The largest absolute Gasteiger partial charge is 0.355 e. The first-order valence-corrected chi connectivity index (χ1v) is 24.6. The number of thiophene rings is 1. The van der Waals surface area contributed by atoms with E-state index in [1.807, 2.05) is 11.3 Å². The molecule has 2 aliphatic rings. The Morgan fingerprint density at radius 1 is 0.456 bits per heavy atom. The fourth-order valence-electron chi connectivity index (χ4n) is 11.5. The van der Waals surface area contributed by atoms with Crippen molar-refractivity contribution in [3.63, 3.8) is 0 Å². The van der Waals surface area contributed by atoms with Crippen LogP contribution in [0.4, 0.5) is 28.4 Å². The summed E-state index contributed by atoms with van der Waals surface area (Å²) in [6.07, 6.45) is 0. The van der Waals surface area contributed by atoms with Crippen molar-refractivity contribution in [1.29, 1.82) is 0 Å². The van der Waals surface area contributed by atoms with Crippen molar-refractivity contribution in [2.24, 2.45) is 0 Å². The molecule has 0 amide bonds. The molecule has 1 radical (unpaired) electrons. The summed E-state index contributed by atoms with van der Waals surface area (Å²) < 4.78 is 2.60. The van der Waals surface area contributed by atoms with Gasteiger partial charge in [-0.05, 0) is 152 Å². The first-order valence-electron chi connectivity index (χ1n) is 23.7. The molecule has 0 saturated heterocycles.